The van der Waals surface area contributed by atoms with Crippen molar-refractivity contribution in [1.29, 1.82) is 0 Å². The lowest BCUT2D eigenvalue weighted by Gasteiger charge is -2.30. The number of methoxy groups -OCH3 is 1. The van der Waals surface area contributed by atoms with Gasteiger partial charge in [0.1, 0.15) is 17.4 Å². The monoisotopic (exact) mass is 375 g/mol. The fourth-order valence-corrected chi connectivity index (χ4v) is 3.68. The Bertz CT molecular complexity index is 810. The van der Waals surface area contributed by atoms with Gasteiger partial charge >= 0.3 is 0 Å². The van der Waals surface area contributed by atoms with Crippen LogP contribution in [0.2, 0.25) is 0 Å². The molecule has 0 spiro atoms. The number of rotatable bonds is 6. The third-order valence-corrected chi connectivity index (χ3v) is 5.10. The van der Waals surface area contributed by atoms with Crippen molar-refractivity contribution in [1.82, 2.24) is 0 Å². The zero-order chi connectivity index (χ0) is 19.6. The van der Waals surface area contributed by atoms with E-state index >= 15 is 0 Å². The largest absolute Gasteiger partial charge is 0.495 e. The summed E-state index contributed by atoms with van der Waals surface area (Å²) in [6.07, 6.45) is 1.32. The minimum atomic E-state index is -0.872. The van der Waals surface area contributed by atoms with Gasteiger partial charge in [-0.3, -0.25) is 4.79 Å². The number of benzene rings is 1. The predicted octanol–water partition coefficient (Wildman–Crippen LogP) is 4.17. The lowest BCUT2D eigenvalue weighted by Crippen LogP contribution is -2.36. The van der Waals surface area contributed by atoms with Crippen molar-refractivity contribution < 1.29 is 23.0 Å². The Hall–Kier alpha value is -2.47. The van der Waals surface area contributed by atoms with Gasteiger partial charge in [-0.25, -0.2) is 8.78 Å². The average molecular weight is 375 g/mol. The number of fused-ring (bicyclic) bond motifs is 1. The van der Waals surface area contributed by atoms with Crippen LogP contribution in [0.25, 0.3) is 0 Å². The molecule has 144 valence electrons. The summed E-state index contributed by atoms with van der Waals surface area (Å²) in [5.41, 5.74) is 2.14. The number of hydrogen-bond donors (Lipinski definition) is 0. The van der Waals surface area contributed by atoms with Crippen LogP contribution in [0.3, 0.4) is 0 Å². The molecule has 1 unspecified atom stereocenters. The molecule has 0 amide bonds. The molecule has 0 saturated carbocycles. The molecule has 1 fully saturated rings. The molecule has 1 aliphatic heterocycles. The van der Waals surface area contributed by atoms with Crippen molar-refractivity contribution in [3.63, 3.8) is 0 Å². The van der Waals surface area contributed by atoms with Crippen molar-refractivity contribution in [2.45, 2.75) is 12.8 Å². The maximum Gasteiger partial charge on any atom is 0.167 e. The lowest BCUT2D eigenvalue weighted by molar-refractivity contribution is 0.0935. The third kappa shape index (κ3) is 3.81. The second kappa shape index (κ2) is 8.05. The molecule has 0 N–H and O–H groups in total. The van der Waals surface area contributed by atoms with Crippen LogP contribution in [0, 0.1) is 5.92 Å². The van der Waals surface area contributed by atoms with Gasteiger partial charge in [-0.2, -0.15) is 0 Å². The molecule has 0 bridgehead atoms. The summed E-state index contributed by atoms with van der Waals surface area (Å²) in [7, 11) is 1.57. The van der Waals surface area contributed by atoms with Crippen LogP contribution in [0.1, 0.15) is 22.3 Å². The number of nitrogens with zero attached hydrogens (tertiary/aromatic N) is 1. The van der Waals surface area contributed by atoms with E-state index in [0.29, 0.717) is 30.9 Å². The van der Waals surface area contributed by atoms with Gasteiger partial charge in [-0.1, -0.05) is 13.2 Å². The van der Waals surface area contributed by atoms with E-state index in [0.717, 1.165) is 30.4 Å². The molecule has 6 heteroatoms. The standard InChI is InChI=1S/C21H23F2NO3/c1-4-18(23)16(13(2)22)10-15-9-14-11-19(24-5-7-27-8-6-24)20(26-3)12-17(14)21(15)25/h4,11-12,15H,1-2,5-10H2,3H3/b18-16+. The number of carbonyl (C=O) groups excluding carboxylic acids is 1. The van der Waals surface area contributed by atoms with Crippen LogP contribution in [0.4, 0.5) is 14.5 Å². The smallest absolute Gasteiger partial charge is 0.167 e. The van der Waals surface area contributed by atoms with Gasteiger partial charge in [-0.15, -0.1) is 0 Å². The summed E-state index contributed by atoms with van der Waals surface area (Å²) in [6.45, 7) is 9.26. The molecule has 1 aromatic carbocycles. The number of carbonyl (C=O) groups is 1. The first-order chi connectivity index (χ1) is 13.0. The quantitative estimate of drug-likeness (QED) is 0.700. The first-order valence-electron chi connectivity index (χ1n) is 8.90. The average Bonchev–Trinajstić information content (AvgIpc) is 2.99. The fourth-order valence-electron chi connectivity index (χ4n) is 3.68. The van der Waals surface area contributed by atoms with Crippen LogP contribution in [-0.4, -0.2) is 39.2 Å². The van der Waals surface area contributed by atoms with E-state index in [4.69, 9.17) is 9.47 Å². The van der Waals surface area contributed by atoms with Crippen LogP contribution in [0.5, 0.6) is 5.75 Å². The summed E-state index contributed by atoms with van der Waals surface area (Å²) in [6, 6.07) is 3.69. The first kappa shape index (κ1) is 19.3. The molecule has 1 aliphatic carbocycles. The van der Waals surface area contributed by atoms with E-state index in [1.165, 1.54) is 0 Å². The van der Waals surface area contributed by atoms with E-state index < -0.39 is 17.6 Å². The van der Waals surface area contributed by atoms with Crippen LogP contribution < -0.4 is 9.64 Å². The minimum absolute atomic E-state index is 0.0457. The number of ether oxygens (including phenoxy) is 2. The Balaban J connectivity index is 1.90. The third-order valence-electron chi connectivity index (χ3n) is 5.10. The number of anilines is 1. The highest BCUT2D eigenvalue weighted by Crippen LogP contribution is 2.40. The zero-order valence-electron chi connectivity index (χ0n) is 15.4. The van der Waals surface area contributed by atoms with E-state index in [9.17, 15) is 13.6 Å². The van der Waals surface area contributed by atoms with Crippen molar-refractivity contribution in [3.05, 3.63) is 59.7 Å². The van der Waals surface area contributed by atoms with Gasteiger partial charge in [-0.05, 0) is 36.6 Å². The van der Waals surface area contributed by atoms with Crippen molar-refractivity contribution in [3.8, 4) is 5.75 Å². The minimum Gasteiger partial charge on any atom is -0.495 e. The van der Waals surface area contributed by atoms with Gasteiger partial charge < -0.3 is 14.4 Å². The molecular formula is C21H23F2NO3. The summed E-state index contributed by atoms with van der Waals surface area (Å²) >= 11 is 0. The van der Waals surface area contributed by atoms with Gasteiger partial charge in [0.15, 0.2) is 5.78 Å². The topological polar surface area (TPSA) is 38.8 Å². The number of ketones is 1. The molecule has 0 radical (unpaired) electrons. The molecule has 1 atom stereocenters. The Morgan fingerprint density at radius 1 is 1.37 bits per heavy atom. The SMILES string of the molecule is C=C/C(F)=C(/CC1Cc2cc(N3CCOCC3)c(OC)cc2C1=O)C(=C)F. The van der Waals surface area contributed by atoms with Crippen LogP contribution >= 0.6 is 0 Å². The molecule has 3 rings (SSSR count). The predicted molar refractivity (Wildman–Crippen MR) is 101 cm³/mol. The van der Waals surface area contributed by atoms with E-state index in [-0.39, 0.29) is 17.8 Å². The van der Waals surface area contributed by atoms with Crippen molar-refractivity contribution in [2.24, 2.45) is 5.92 Å². The molecule has 1 aromatic rings. The highest BCUT2D eigenvalue weighted by atomic mass is 19.1. The zero-order valence-corrected chi connectivity index (χ0v) is 15.4. The molecule has 27 heavy (non-hydrogen) atoms. The van der Waals surface area contributed by atoms with E-state index in [1.807, 2.05) is 6.07 Å². The second-order valence-electron chi connectivity index (χ2n) is 6.69. The molecule has 1 saturated heterocycles. The maximum absolute atomic E-state index is 13.9. The van der Waals surface area contributed by atoms with E-state index in [2.05, 4.69) is 18.1 Å². The number of allylic oxidation sites excluding steroid dienone is 4. The van der Waals surface area contributed by atoms with Gasteiger partial charge in [0, 0.05) is 30.1 Å². The molecule has 1 heterocycles. The normalized spacial score (nSPS) is 20.2. The number of Topliss-reactive ketones (excluding diaryl/α,β-unsaturated/α-hetero) is 1. The van der Waals surface area contributed by atoms with Crippen molar-refractivity contribution in [2.75, 3.05) is 38.3 Å². The van der Waals surface area contributed by atoms with Crippen LogP contribution in [0.15, 0.2) is 48.6 Å². The molecule has 2 aliphatic rings. The van der Waals surface area contributed by atoms with Gasteiger partial charge in [0.2, 0.25) is 0 Å². The Kier molecular flexibility index (Phi) is 5.75. The first-order valence-corrected chi connectivity index (χ1v) is 8.90. The Morgan fingerprint density at radius 3 is 2.67 bits per heavy atom. The number of halogens is 2. The van der Waals surface area contributed by atoms with Gasteiger partial charge in [0.05, 0.1) is 26.0 Å². The fraction of sp³-hybridized carbons (Fsp3) is 0.381. The summed E-state index contributed by atoms with van der Waals surface area (Å²) < 4.78 is 38.4. The highest BCUT2D eigenvalue weighted by Gasteiger charge is 2.34. The molecule has 4 nitrogen and oxygen atoms in total. The van der Waals surface area contributed by atoms with Crippen LogP contribution in [-0.2, 0) is 11.2 Å². The molecule has 0 aromatic heterocycles. The Labute approximate surface area is 157 Å². The second-order valence-corrected chi connectivity index (χ2v) is 6.69. The highest BCUT2D eigenvalue weighted by molar-refractivity contribution is 6.03. The summed E-state index contributed by atoms with van der Waals surface area (Å²) in [5, 5.41) is 0. The summed E-state index contributed by atoms with van der Waals surface area (Å²) in [4.78, 5) is 15.0. The number of hydrogen-bond acceptors (Lipinski definition) is 4. The lowest BCUT2D eigenvalue weighted by atomic mass is 9.94. The maximum atomic E-state index is 13.9. The summed E-state index contributed by atoms with van der Waals surface area (Å²) in [5.74, 6) is -1.70. The van der Waals surface area contributed by atoms with Crippen molar-refractivity contribution >= 4 is 11.5 Å². The number of morpholine rings is 1. The van der Waals surface area contributed by atoms with Gasteiger partial charge in [0.25, 0.3) is 0 Å². The Morgan fingerprint density at radius 2 is 2.07 bits per heavy atom. The molecular weight excluding hydrogens is 352 g/mol. The van der Waals surface area contributed by atoms with E-state index in [1.54, 1.807) is 13.2 Å².